The summed E-state index contributed by atoms with van der Waals surface area (Å²) in [5.41, 5.74) is 0. The van der Waals surface area contributed by atoms with E-state index < -0.39 is 0 Å². The molecule has 8 heteroatoms. The van der Waals surface area contributed by atoms with Crippen molar-refractivity contribution in [1.82, 2.24) is 30.0 Å². The summed E-state index contributed by atoms with van der Waals surface area (Å²) in [6.45, 7) is 14.6. The van der Waals surface area contributed by atoms with Crippen LogP contribution in [0.15, 0.2) is 0 Å². The third kappa shape index (κ3) is 4.00. The van der Waals surface area contributed by atoms with Crippen LogP contribution in [0.3, 0.4) is 0 Å². The second-order valence-corrected chi connectivity index (χ2v) is 10.3. The number of hydrogen-bond acceptors (Lipinski definition) is 8. The average molecular weight is 425 g/mol. The van der Waals surface area contributed by atoms with Gasteiger partial charge < -0.3 is 10.1 Å². The molecule has 166 valence electrons. The molecule has 5 heterocycles. The van der Waals surface area contributed by atoms with E-state index in [1.807, 2.05) is 0 Å². The summed E-state index contributed by atoms with van der Waals surface area (Å²) < 4.78 is 5.76. The SMILES string of the molecule is C1CCN(C2(N3CCNCC3)C(N3CCCC3)SCCN2N2CCOCC2)CC1. The molecule has 0 amide bonds. The molecular weight excluding hydrogens is 384 g/mol. The van der Waals surface area contributed by atoms with Crippen LogP contribution in [0.5, 0.6) is 0 Å². The molecule has 0 aromatic heterocycles. The molecule has 0 saturated carbocycles. The lowest BCUT2D eigenvalue weighted by molar-refractivity contribution is -0.277. The fourth-order valence-electron chi connectivity index (χ4n) is 6.18. The largest absolute Gasteiger partial charge is 0.379 e. The normalized spacial score (nSPS) is 37.9. The molecule has 7 nitrogen and oxygen atoms in total. The highest BCUT2D eigenvalue weighted by Crippen LogP contribution is 2.44. The number of morpholine rings is 1. The number of piperidine rings is 1. The Hall–Kier alpha value is 0.0700. The van der Waals surface area contributed by atoms with Crippen LogP contribution >= 0.6 is 11.8 Å². The van der Waals surface area contributed by atoms with Crippen LogP contribution in [0.25, 0.3) is 0 Å². The lowest BCUT2D eigenvalue weighted by Gasteiger charge is -2.65. The van der Waals surface area contributed by atoms with Crippen LogP contribution in [0.1, 0.15) is 32.1 Å². The first kappa shape index (κ1) is 20.9. The predicted molar refractivity (Wildman–Crippen MR) is 119 cm³/mol. The van der Waals surface area contributed by atoms with Crippen molar-refractivity contribution in [2.45, 2.75) is 43.3 Å². The van der Waals surface area contributed by atoms with Gasteiger partial charge in [0, 0.05) is 64.7 Å². The van der Waals surface area contributed by atoms with Crippen LogP contribution in [0, 0.1) is 0 Å². The minimum Gasteiger partial charge on any atom is -0.379 e. The second kappa shape index (κ2) is 9.69. The zero-order valence-electron chi connectivity index (χ0n) is 18.1. The second-order valence-electron chi connectivity index (χ2n) is 9.13. The molecule has 5 aliphatic rings. The van der Waals surface area contributed by atoms with Crippen LogP contribution in [0.4, 0.5) is 0 Å². The monoisotopic (exact) mass is 424 g/mol. The molecule has 0 aliphatic carbocycles. The van der Waals surface area contributed by atoms with Gasteiger partial charge in [0.05, 0.1) is 13.2 Å². The third-order valence-electron chi connectivity index (χ3n) is 7.50. The summed E-state index contributed by atoms with van der Waals surface area (Å²) in [6.07, 6.45) is 6.83. The molecule has 0 spiro atoms. The van der Waals surface area contributed by atoms with Crippen molar-refractivity contribution < 1.29 is 4.74 Å². The lowest BCUT2D eigenvalue weighted by Crippen LogP contribution is -2.83. The number of hydrogen-bond donors (Lipinski definition) is 1. The van der Waals surface area contributed by atoms with Crippen molar-refractivity contribution in [2.75, 3.05) is 91.0 Å². The number of thioether (sulfide) groups is 1. The van der Waals surface area contributed by atoms with E-state index in [1.54, 1.807) is 0 Å². The summed E-state index contributed by atoms with van der Waals surface area (Å²) in [7, 11) is 0. The molecule has 0 bridgehead atoms. The van der Waals surface area contributed by atoms with Gasteiger partial charge in [0.2, 0.25) is 0 Å². The van der Waals surface area contributed by atoms with Gasteiger partial charge in [-0.2, -0.15) is 0 Å². The molecule has 1 N–H and O–H groups in total. The third-order valence-corrected chi connectivity index (χ3v) is 8.84. The number of nitrogens with zero attached hydrogens (tertiary/aromatic N) is 5. The maximum atomic E-state index is 5.76. The molecule has 5 saturated heterocycles. The number of piperazine rings is 1. The van der Waals surface area contributed by atoms with Crippen molar-refractivity contribution in [3.05, 3.63) is 0 Å². The van der Waals surface area contributed by atoms with Gasteiger partial charge in [0.15, 0.2) is 5.79 Å². The maximum absolute atomic E-state index is 5.76. The van der Waals surface area contributed by atoms with Gasteiger partial charge in [-0.15, -0.1) is 11.8 Å². The number of nitrogens with one attached hydrogen (secondary N) is 1. The van der Waals surface area contributed by atoms with Crippen LogP contribution in [0.2, 0.25) is 0 Å². The molecule has 0 aromatic rings. The van der Waals surface area contributed by atoms with Crippen molar-refractivity contribution in [3.63, 3.8) is 0 Å². The predicted octanol–water partition coefficient (Wildman–Crippen LogP) is 0.749. The van der Waals surface area contributed by atoms with E-state index in [4.69, 9.17) is 4.74 Å². The van der Waals surface area contributed by atoms with Crippen LogP contribution in [-0.4, -0.2) is 127 Å². The first-order chi connectivity index (χ1) is 14.4. The summed E-state index contributed by atoms with van der Waals surface area (Å²) >= 11 is 2.25. The van der Waals surface area contributed by atoms with Gasteiger partial charge in [-0.3, -0.25) is 14.7 Å². The summed E-state index contributed by atoms with van der Waals surface area (Å²) in [5, 5.41) is 9.67. The molecular formula is C21H40N6OS. The number of ether oxygens (including phenoxy) is 1. The quantitative estimate of drug-likeness (QED) is 0.709. The van der Waals surface area contributed by atoms with Gasteiger partial charge in [0.1, 0.15) is 5.37 Å². The minimum atomic E-state index is -0.00683. The van der Waals surface area contributed by atoms with Gasteiger partial charge in [-0.05, 0) is 38.8 Å². The van der Waals surface area contributed by atoms with E-state index in [-0.39, 0.29) is 5.79 Å². The van der Waals surface area contributed by atoms with E-state index in [0.717, 1.165) is 59.0 Å². The Morgan fingerprint density at radius 2 is 1.38 bits per heavy atom. The molecule has 5 rings (SSSR count). The highest BCUT2D eigenvalue weighted by atomic mass is 32.2. The fraction of sp³-hybridized carbons (Fsp3) is 1.00. The van der Waals surface area contributed by atoms with Gasteiger partial charge >= 0.3 is 0 Å². The van der Waals surface area contributed by atoms with Crippen molar-refractivity contribution in [3.8, 4) is 0 Å². The standard InChI is InChI=1S/C21H40N6OS/c1-2-10-24(11-3-1)21(25-12-6-22-7-13-25)20(23-8-4-5-9-23)29-19-16-27(21)26-14-17-28-18-15-26/h20,22H,1-19H2. The Labute approximate surface area is 181 Å². The summed E-state index contributed by atoms with van der Waals surface area (Å²) in [4.78, 5) is 8.62. The molecule has 29 heavy (non-hydrogen) atoms. The highest BCUT2D eigenvalue weighted by molar-refractivity contribution is 8.00. The smallest absolute Gasteiger partial charge is 0.169 e. The first-order valence-corrected chi connectivity index (χ1v) is 13.1. The molecule has 0 radical (unpaired) electrons. The first-order valence-electron chi connectivity index (χ1n) is 12.1. The van der Waals surface area contributed by atoms with Crippen molar-refractivity contribution in [1.29, 1.82) is 0 Å². The van der Waals surface area contributed by atoms with E-state index in [1.165, 1.54) is 64.0 Å². The van der Waals surface area contributed by atoms with Crippen LogP contribution < -0.4 is 5.32 Å². The summed E-state index contributed by atoms with van der Waals surface area (Å²) in [5.74, 6) is 1.23. The minimum absolute atomic E-state index is 0.00683. The Morgan fingerprint density at radius 1 is 0.724 bits per heavy atom. The number of hydrazine groups is 1. The zero-order valence-corrected chi connectivity index (χ0v) is 18.9. The van der Waals surface area contributed by atoms with E-state index in [9.17, 15) is 0 Å². The van der Waals surface area contributed by atoms with E-state index in [0.29, 0.717) is 5.37 Å². The van der Waals surface area contributed by atoms with E-state index in [2.05, 4.69) is 41.8 Å². The molecule has 2 atom stereocenters. The Bertz CT molecular complexity index is 497. The summed E-state index contributed by atoms with van der Waals surface area (Å²) in [6, 6.07) is 0. The highest BCUT2D eigenvalue weighted by Gasteiger charge is 2.58. The van der Waals surface area contributed by atoms with Gasteiger partial charge in [0.25, 0.3) is 0 Å². The molecule has 5 fully saturated rings. The molecule has 5 aliphatic heterocycles. The van der Waals surface area contributed by atoms with E-state index >= 15 is 0 Å². The maximum Gasteiger partial charge on any atom is 0.169 e. The Kier molecular flexibility index (Phi) is 7.00. The van der Waals surface area contributed by atoms with Crippen molar-refractivity contribution in [2.24, 2.45) is 0 Å². The fourth-order valence-corrected chi connectivity index (χ4v) is 7.75. The van der Waals surface area contributed by atoms with Crippen molar-refractivity contribution >= 4 is 11.8 Å². The van der Waals surface area contributed by atoms with Gasteiger partial charge in [-0.1, -0.05) is 6.42 Å². The molecule has 2 unspecified atom stereocenters. The topological polar surface area (TPSA) is 37.5 Å². The van der Waals surface area contributed by atoms with Gasteiger partial charge in [-0.25, -0.2) is 10.0 Å². The Balaban J connectivity index is 1.56. The molecule has 0 aromatic carbocycles. The van der Waals surface area contributed by atoms with Crippen LogP contribution in [-0.2, 0) is 4.74 Å². The number of likely N-dealkylation sites (tertiary alicyclic amines) is 2. The zero-order chi connectivity index (χ0) is 19.5. The Morgan fingerprint density at radius 3 is 2.10 bits per heavy atom. The average Bonchev–Trinajstić information content (AvgIpc) is 3.35. The lowest BCUT2D eigenvalue weighted by atomic mass is 10.0. The number of rotatable bonds is 4.